The Balaban J connectivity index is 2.68. The van der Waals surface area contributed by atoms with Gasteiger partial charge in [0.15, 0.2) is 0 Å². The summed E-state index contributed by atoms with van der Waals surface area (Å²) in [7, 11) is 1.51. The average Bonchev–Trinajstić information content (AvgIpc) is 2.27. The van der Waals surface area contributed by atoms with Gasteiger partial charge >= 0.3 is 6.03 Å². The first kappa shape index (κ1) is 10.7. The molecule has 0 aliphatic carbocycles. The van der Waals surface area contributed by atoms with Crippen molar-refractivity contribution in [2.45, 2.75) is 6.04 Å². The third kappa shape index (κ3) is 2.12. The van der Waals surface area contributed by atoms with Gasteiger partial charge in [0.2, 0.25) is 5.91 Å². The van der Waals surface area contributed by atoms with E-state index in [9.17, 15) is 9.59 Å². The lowest BCUT2D eigenvalue weighted by Gasteiger charge is -2.33. The molecule has 0 aromatic heterocycles. The number of rotatable bonds is 1. The number of urea groups is 1. The first-order valence-corrected chi connectivity index (χ1v) is 4.27. The molecular formula is C7H14N4O3. The third-order valence-corrected chi connectivity index (χ3v) is 2.06. The largest absolute Gasteiger partial charge is 0.377 e. The van der Waals surface area contributed by atoms with Gasteiger partial charge in [-0.15, -0.1) is 0 Å². The van der Waals surface area contributed by atoms with Gasteiger partial charge < -0.3 is 15.0 Å². The standard InChI is InChI=1S/C7H14N4O3/c1-9-6(12)5-4-14-3-2-11(5)7(13)10-8/h5H,2-4,8H2,1H3,(H,9,12)(H,10,13). The molecule has 1 aliphatic heterocycles. The SMILES string of the molecule is CNC(=O)C1COCCN1C(=O)NN. The Bertz CT molecular complexity index is 209. The maximum atomic E-state index is 11.3. The van der Waals surface area contributed by atoms with Gasteiger partial charge in [-0.25, -0.2) is 10.6 Å². The molecule has 1 aliphatic rings. The lowest BCUT2D eigenvalue weighted by atomic mass is 10.2. The number of ether oxygens (including phenoxy) is 1. The molecule has 1 heterocycles. The van der Waals surface area contributed by atoms with Gasteiger partial charge in [0, 0.05) is 13.6 Å². The van der Waals surface area contributed by atoms with Gasteiger partial charge in [-0.2, -0.15) is 0 Å². The van der Waals surface area contributed by atoms with Crippen molar-refractivity contribution in [1.82, 2.24) is 15.6 Å². The molecule has 7 nitrogen and oxygen atoms in total. The van der Waals surface area contributed by atoms with Crippen LogP contribution >= 0.6 is 0 Å². The molecule has 3 amide bonds. The summed E-state index contributed by atoms with van der Waals surface area (Å²) in [5.41, 5.74) is 2.00. The number of carbonyl (C=O) groups excluding carboxylic acids is 2. The number of nitrogens with zero attached hydrogens (tertiary/aromatic N) is 1. The van der Waals surface area contributed by atoms with Crippen LogP contribution in [0.5, 0.6) is 0 Å². The molecule has 14 heavy (non-hydrogen) atoms. The molecule has 1 rings (SSSR count). The van der Waals surface area contributed by atoms with Gasteiger partial charge in [0.25, 0.3) is 0 Å². The molecule has 1 atom stereocenters. The number of morpholine rings is 1. The summed E-state index contributed by atoms with van der Waals surface area (Å²) in [5, 5.41) is 2.46. The van der Waals surface area contributed by atoms with Crippen molar-refractivity contribution in [3.63, 3.8) is 0 Å². The third-order valence-electron chi connectivity index (χ3n) is 2.06. The lowest BCUT2D eigenvalue weighted by molar-refractivity contribution is -0.129. The monoisotopic (exact) mass is 202 g/mol. The normalized spacial score (nSPS) is 21.6. The van der Waals surface area contributed by atoms with E-state index in [1.54, 1.807) is 0 Å². The fourth-order valence-corrected chi connectivity index (χ4v) is 1.31. The van der Waals surface area contributed by atoms with Crippen LogP contribution < -0.4 is 16.6 Å². The van der Waals surface area contributed by atoms with Crippen molar-refractivity contribution in [3.05, 3.63) is 0 Å². The van der Waals surface area contributed by atoms with Gasteiger partial charge in [-0.05, 0) is 0 Å². The number of amides is 3. The fraction of sp³-hybridized carbons (Fsp3) is 0.714. The number of carbonyl (C=O) groups is 2. The maximum absolute atomic E-state index is 11.3. The van der Waals surface area contributed by atoms with Gasteiger partial charge in [-0.1, -0.05) is 0 Å². The average molecular weight is 202 g/mol. The van der Waals surface area contributed by atoms with Crippen LogP contribution in [-0.4, -0.2) is 49.7 Å². The van der Waals surface area contributed by atoms with Crippen molar-refractivity contribution in [3.8, 4) is 0 Å². The van der Waals surface area contributed by atoms with E-state index >= 15 is 0 Å². The molecule has 0 aromatic carbocycles. The minimum Gasteiger partial charge on any atom is -0.377 e. The summed E-state index contributed by atoms with van der Waals surface area (Å²) in [6, 6.07) is -1.07. The summed E-state index contributed by atoms with van der Waals surface area (Å²) in [6.45, 7) is 0.981. The van der Waals surface area contributed by atoms with Crippen molar-refractivity contribution in [1.29, 1.82) is 0 Å². The summed E-state index contributed by atoms with van der Waals surface area (Å²) in [4.78, 5) is 23.9. The summed E-state index contributed by atoms with van der Waals surface area (Å²) >= 11 is 0. The van der Waals surface area contributed by atoms with E-state index in [1.165, 1.54) is 11.9 Å². The van der Waals surface area contributed by atoms with Crippen LogP contribution in [0.1, 0.15) is 0 Å². The van der Waals surface area contributed by atoms with Crippen LogP contribution in [0.4, 0.5) is 4.79 Å². The molecule has 0 spiro atoms. The van der Waals surface area contributed by atoms with Gasteiger partial charge in [0.1, 0.15) is 6.04 Å². The molecule has 80 valence electrons. The van der Waals surface area contributed by atoms with Crippen LogP contribution in [0.3, 0.4) is 0 Å². The topological polar surface area (TPSA) is 96.7 Å². The Kier molecular flexibility index (Phi) is 3.66. The lowest BCUT2D eigenvalue weighted by Crippen LogP contribution is -2.58. The van der Waals surface area contributed by atoms with Crippen molar-refractivity contribution in [2.75, 3.05) is 26.8 Å². The highest BCUT2D eigenvalue weighted by atomic mass is 16.5. The molecule has 0 saturated carbocycles. The van der Waals surface area contributed by atoms with Crippen LogP contribution in [0.2, 0.25) is 0 Å². The Hall–Kier alpha value is -1.34. The number of hydrogen-bond donors (Lipinski definition) is 3. The molecule has 1 unspecified atom stereocenters. The number of nitrogens with two attached hydrogens (primary N) is 1. The molecule has 0 radical (unpaired) electrons. The van der Waals surface area contributed by atoms with Gasteiger partial charge in [-0.3, -0.25) is 10.2 Å². The maximum Gasteiger partial charge on any atom is 0.332 e. The first-order chi connectivity index (χ1) is 6.70. The molecule has 1 fully saturated rings. The molecule has 7 heteroatoms. The highest BCUT2D eigenvalue weighted by Crippen LogP contribution is 2.06. The summed E-state index contributed by atoms with van der Waals surface area (Å²) in [6.07, 6.45) is 0. The Morgan fingerprint density at radius 1 is 1.57 bits per heavy atom. The second kappa shape index (κ2) is 4.77. The van der Waals surface area contributed by atoms with Crippen molar-refractivity contribution >= 4 is 11.9 Å². The molecule has 4 N–H and O–H groups in total. The quantitative estimate of drug-likeness (QED) is 0.261. The summed E-state index contributed by atoms with van der Waals surface area (Å²) < 4.78 is 5.11. The zero-order valence-electron chi connectivity index (χ0n) is 7.95. The number of likely N-dealkylation sites (N-methyl/N-ethyl adjacent to an activating group) is 1. The van der Waals surface area contributed by atoms with Crippen molar-refractivity contribution in [2.24, 2.45) is 5.84 Å². The van der Waals surface area contributed by atoms with Crippen LogP contribution in [0, 0.1) is 0 Å². The van der Waals surface area contributed by atoms with Crippen LogP contribution in [0.25, 0.3) is 0 Å². The molecular weight excluding hydrogens is 188 g/mol. The van der Waals surface area contributed by atoms with E-state index in [-0.39, 0.29) is 12.5 Å². The second-order valence-corrected chi connectivity index (χ2v) is 2.85. The minimum atomic E-state index is -0.600. The van der Waals surface area contributed by atoms with Crippen molar-refractivity contribution < 1.29 is 14.3 Å². The van der Waals surface area contributed by atoms with E-state index in [1.807, 2.05) is 5.43 Å². The van der Waals surface area contributed by atoms with Crippen LogP contribution in [-0.2, 0) is 9.53 Å². The fourth-order valence-electron chi connectivity index (χ4n) is 1.31. The zero-order chi connectivity index (χ0) is 10.6. The first-order valence-electron chi connectivity index (χ1n) is 4.27. The number of hydrogen-bond acceptors (Lipinski definition) is 4. The van der Waals surface area contributed by atoms with E-state index in [0.29, 0.717) is 13.2 Å². The Morgan fingerprint density at radius 3 is 2.86 bits per heavy atom. The van der Waals surface area contributed by atoms with E-state index in [2.05, 4.69) is 5.32 Å². The van der Waals surface area contributed by atoms with E-state index in [0.717, 1.165) is 0 Å². The smallest absolute Gasteiger partial charge is 0.332 e. The summed E-state index contributed by atoms with van der Waals surface area (Å²) in [5.74, 6) is 4.74. The highest BCUT2D eigenvalue weighted by molar-refractivity contribution is 5.87. The Labute approximate surface area is 81.5 Å². The number of hydrazine groups is 1. The predicted octanol–water partition coefficient (Wildman–Crippen LogP) is -1.98. The second-order valence-electron chi connectivity index (χ2n) is 2.85. The molecule has 0 bridgehead atoms. The van der Waals surface area contributed by atoms with Crippen LogP contribution in [0.15, 0.2) is 0 Å². The Morgan fingerprint density at radius 2 is 2.29 bits per heavy atom. The zero-order valence-corrected chi connectivity index (χ0v) is 7.95. The minimum absolute atomic E-state index is 0.201. The molecule has 1 saturated heterocycles. The van der Waals surface area contributed by atoms with E-state index in [4.69, 9.17) is 10.6 Å². The van der Waals surface area contributed by atoms with Gasteiger partial charge in [0.05, 0.1) is 13.2 Å². The molecule has 0 aromatic rings. The number of nitrogens with one attached hydrogen (secondary N) is 2. The predicted molar refractivity (Wildman–Crippen MR) is 48.1 cm³/mol. The highest BCUT2D eigenvalue weighted by Gasteiger charge is 2.31. The van der Waals surface area contributed by atoms with E-state index < -0.39 is 12.1 Å².